The van der Waals surface area contributed by atoms with E-state index in [0.717, 1.165) is 12.2 Å². The molecule has 1 aromatic heterocycles. The number of hydrogen-bond acceptors (Lipinski definition) is 4. The minimum absolute atomic E-state index is 0.142. The highest BCUT2D eigenvalue weighted by Crippen LogP contribution is 2.13. The summed E-state index contributed by atoms with van der Waals surface area (Å²) in [6.45, 7) is 4.97. The van der Waals surface area contributed by atoms with Crippen molar-refractivity contribution in [2.45, 2.75) is 13.0 Å². The summed E-state index contributed by atoms with van der Waals surface area (Å²) in [4.78, 5) is 12.1. The van der Waals surface area contributed by atoms with Crippen LogP contribution < -0.4 is 20.8 Å². The van der Waals surface area contributed by atoms with Gasteiger partial charge in [0, 0.05) is 18.4 Å². The van der Waals surface area contributed by atoms with Crippen molar-refractivity contribution in [3.8, 4) is 11.5 Å². The first-order chi connectivity index (χ1) is 10.7. The van der Waals surface area contributed by atoms with Gasteiger partial charge in [-0.05, 0) is 42.8 Å². The van der Waals surface area contributed by atoms with E-state index in [0.29, 0.717) is 31.2 Å². The van der Waals surface area contributed by atoms with E-state index in [2.05, 4.69) is 6.58 Å². The number of hydrogen-bond donors (Lipinski definition) is 1. The maximum atomic E-state index is 12.1. The molecule has 22 heavy (non-hydrogen) atoms. The lowest BCUT2D eigenvalue weighted by molar-refractivity contribution is 0.299. The van der Waals surface area contributed by atoms with Crippen molar-refractivity contribution in [3.63, 3.8) is 0 Å². The molecule has 0 spiro atoms. The molecule has 2 rings (SSSR count). The molecule has 0 amide bonds. The van der Waals surface area contributed by atoms with Gasteiger partial charge in [0.05, 0.1) is 6.61 Å². The normalized spacial score (nSPS) is 10.2. The fourth-order valence-corrected chi connectivity index (χ4v) is 1.94. The quantitative estimate of drug-likeness (QED) is 0.462. The van der Waals surface area contributed by atoms with Crippen LogP contribution in [0.15, 0.2) is 60.0 Å². The zero-order valence-electron chi connectivity index (χ0n) is 12.4. The van der Waals surface area contributed by atoms with Gasteiger partial charge in [-0.25, -0.2) is 0 Å². The van der Waals surface area contributed by atoms with Gasteiger partial charge in [-0.3, -0.25) is 4.79 Å². The van der Waals surface area contributed by atoms with Gasteiger partial charge in [-0.1, -0.05) is 12.7 Å². The third kappa shape index (κ3) is 4.41. The summed E-state index contributed by atoms with van der Waals surface area (Å²) in [5.41, 5.74) is 6.17. The first kappa shape index (κ1) is 15.7. The van der Waals surface area contributed by atoms with Gasteiger partial charge >= 0.3 is 0 Å². The van der Waals surface area contributed by atoms with Crippen molar-refractivity contribution in [1.82, 2.24) is 4.57 Å². The van der Waals surface area contributed by atoms with Crippen molar-refractivity contribution in [2.75, 3.05) is 18.9 Å². The van der Waals surface area contributed by atoms with Gasteiger partial charge < -0.3 is 19.8 Å². The third-order valence-corrected chi connectivity index (χ3v) is 3.03. The molecule has 0 unspecified atom stereocenters. The number of nitrogens with two attached hydrogens (primary N) is 1. The minimum Gasteiger partial charge on any atom is -0.494 e. The Labute approximate surface area is 129 Å². The lowest BCUT2D eigenvalue weighted by Gasteiger charge is -2.09. The Morgan fingerprint density at radius 3 is 2.68 bits per heavy atom. The van der Waals surface area contributed by atoms with E-state index in [4.69, 9.17) is 15.2 Å². The molecule has 0 saturated heterocycles. The highest BCUT2D eigenvalue weighted by atomic mass is 16.5. The number of aryl methyl sites for hydroxylation is 1. The second kappa shape index (κ2) is 7.93. The Balaban J connectivity index is 1.85. The van der Waals surface area contributed by atoms with E-state index in [9.17, 15) is 4.79 Å². The Bertz CT molecular complexity index is 662. The van der Waals surface area contributed by atoms with Crippen molar-refractivity contribution < 1.29 is 9.47 Å². The predicted octanol–water partition coefficient (Wildman–Crippen LogP) is 2.46. The third-order valence-electron chi connectivity index (χ3n) is 3.03. The van der Waals surface area contributed by atoms with Crippen LogP contribution in [-0.4, -0.2) is 17.8 Å². The molecular formula is C17H20N2O3. The number of rotatable bonds is 8. The Morgan fingerprint density at radius 2 is 1.95 bits per heavy atom. The summed E-state index contributed by atoms with van der Waals surface area (Å²) < 4.78 is 12.5. The van der Waals surface area contributed by atoms with Crippen LogP contribution in [0.4, 0.5) is 5.69 Å². The topological polar surface area (TPSA) is 66.5 Å². The van der Waals surface area contributed by atoms with Gasteiger partial charge in [0.2, 0.25) is 0 Å². The van der Waals surface area contributed by atoms with Gasteiger partial charge in [0.15, 0.2) is 5.75 Å². The second-order valence-electron chi connectivity index (χ2n) is 4.74. The van der Waals surface area contributed by atoms with Crippen LogP contribution in [-0.2, 0) is 6.54 Å². The maximum absolute atomic E-state index is 12.1. The molecule has 2 N–H and O–H groups in total. The molecule has 0 radical (unpaired) electrons. The molecule has 5 nitrogen and oxygen atoms in total. The number of benzene rings is 1. The lowest BCUT2D eigenvalue weighted by Crippen LogP contribution is -2.22. The lowest BCUT2D eigenvalue weighted by atomic mass is 10.3. The van der Waals surface area contributed by atoms with E-state index in [1.54, 1.807) is 41.1 Å². The smallest absolute Gasteiger partial charge is 0.292 e. The van der Waals surface area contributed by atoms with Crippen molar-refractivity contribution in [2.24, 2.45) is 0 Å². The summed E-state index contributed by atoms with van der Waals surface area (Å²) in [6.07, 6.45) is 4.07. The molecule has 0 aliphatic rings. The molecule has 0 aliphatic carbocycles. The molecule has 0 fully saturated rings. The Kier molecular flexibility index (Phi) is 5.65. The van der Waals surface area contributed by atoms with Gasteiger partial charge in [0.1, 0.15) is 12.4 Å². The average molecular weight is 300 g/mol. The SMILES string of the molecule is C=CCOc1cccn(CCCOc2ccc(N)cc2)c1=O. The standard InChI is InChI=1S/C17H20N2O3/c1-2-12-22-16-5-3-10-19(17(16)20)11-4-13-21-15-8-6-14(18)7-9-15/h2-3,5-10H,1,4,11-13,18H2. The van der Waals surface area contributed by atoms with Crippen LogP contribution in [0.2, 0.25) is 0 Å². The first-order valence-corrected chi connectivity index (χ1v) is 7.12. The van der Waals surface area contributed by atoms with E-state index in [1.807, 2.05) is 12.1 Å². The Hall–Kier alpha value is -2.69. The number of aromatic nitrogens is 1. The van der Waals surface area contributed by atoms with E-state index < -0.39 is 0 Å². The fourth-order valence-electron chi connectivity index (χ4n) is 1.94. The van der Waals surface area contributed by atoms with Crippen LogP contribution in [0, 0.1) is 0 Å². The van der Waals surface area contributed by atoms with Crippen LogP contribution in [0.1, 0.15) is 6.42 Å². The van der Waals surface area contributed by atoms with E-state index in [-0.39, 0.29) is 5.56 Å². The van der Waals surface area contributed by atoms with Crippen LogP contribution in [0.3, 0.4) is 0 Å². The first-order valence-electron chi connectivity index (χ1n) is 7.12. The molecule has 1 heterocycles. The van der Waals surface area contributed by atoms with Crippen molar-refractivity contribution >= 4 is 5.69 Å². The highest BCUT2D eigenvalue weighted by Gasteiger charge is 2.03. The maximum Gasteiger partial charge on any atom is 0.292 e. The molecule has 2 aromatic rings. The average Bonchev–Trinajstić information content (AvgIpc) is 2.53. The number of pyridine rings is 1. The zero-order chi connectivity index (χ0) is 15.8. The molecule has 116 valence electrons. The minimum atomic E-state index is -0.142. The summed E-state index contributed by atoms with van der Waals surface area (Å²) in [6, 6.07) is 10.7. The molecule has 1 aromatic carbocycles. The molecule has 0 saturated carbocycles. The van der Waals surface area contributed by atoms with Gasteiger partial charge in [-0.15, -0.1) is 0 Å². The monoisotopic (exact) mass is 300 g/mol. The summed E-state index contributed by atoms with van der Waals surface area (Å²) >= 11 is 0. The molecule has 5 heteroatoms. The summed E-state index contributed by atoms with van der Waals surface area (Å²) in [7, 11) is 0. The molecule has 0 aliphatic heterocycles. The van der Waals surface area contributed by atoms with Crippen LogP contribution >= 0.6 is 0 Å². The summed E-state index contributed by atoms with van der Waals surface area (Å²) in [5.74, 6) is 1.10. The largest absolute Gasteiger partial charge is 0.494 e. The van der Waals surface area contributed by atoms with Crippen LogP contribution in [0.5, 0.6) is 11.5 Å². The molecule has 0 atom stereocenters. The van der Waals surface area contributed by atoms with E-state index >= 15 is 0 Å². The highest BCUT2D eigenvalue weighted by molar-refractivity contribution is 5.41. The number of ether oxygens (including phenoxy) is 2. The fraction of sp³-hybridized carbons (Fsp3) is 0.235. The predicted molar refractivity (Wildman–Crippen MR) is 87.4 cm³/mol. The molecule has 0 bridgehead atoms. The number of nitrogens with zero attached hydrogens (tertiary/aromatic N) is 1. The van der Waals surface area contributed by atoms with Crippen molar-refractivity contribution in [3.05, 3.63) is 65.6 Å². The van der Waals surface area contributed by atoms with Crippen LogP contribution in [0.25, 0.3) is 0 Å². The van der Waals surface area contributed by atoms with Gasteiger partial charge in [0.25, 0.3) is 5.56 Å². The number of anilines is 1. The zero-order valence-corrected chi connectivity index (χ0v) is 12.4. The Morgan fingerprint density at radius 1 is 1.18 bits per heavy atom. The molecular weight excluding hydrogens is 280 g/mol. The van der Waals surface area contributed by atoms with E-state index in [1.165, 1.54) is 0 Å². The van der Waals surface area contributed by atoms with Crippen molar-refractivity contribution in [1.29, 1.82) is 0 Å². The second-order valence-corrected chi connectivity index (χ2v) is 4.74. The number of nitrogen functional groups attached to an aromatic ring is 1. The van der Waals surface area contributed by atoms with Gasteiger partial charge in [-0.2, -0.15) is 0 Å². The summed E-state index contributed by atoms with van der Waals surface area (Å²) in [5, 5.41) is 0.